The summed E-state index contributed by atoms with van der Waals surface area (Å²) in [5.41, 5.74) is 3.50. The standard InChI is InChI=1S/C18H17ClFNO2/c1-2-13(20)10-23-16-5-3-4-14(18(16)19)11-6-7-15-12(8-11)9-17(22)21-15/h3-8,13H,2,9-10H2,1H3,(H,21,22). The van der Waals surface area contributed by atoms with Crippen molar-refractivity contribution in [3.63, 3.8) is 0 Å². The molecule has 5 heteroatoms. The van der Waals surface area contributed by atoms with Crippen LogP contribution in [0, 0.1) is 0 Å². The average Bonchev–Trinajstić information content (AvgIpc) is 2.92. The van der Waals surface area contributed by atoms with E-state index in [-0.39, 0.29) is 12.5 Å². The third-order valence-corrected chi connectivity index (χ3v) is 4.26. The molecule has 23 heavy (non-hydrogen) atoms. The van der Waals surface area contributed by atoms with Gasteiger partial charge in [0.15, 0.2) is 0 Å². The van der Waals surface area contributed by atoms with Crippen LogP contribution in [0.2, 0.25) is 5.02 Å². The van der Waals surface area contributed by atoms with Crippen LogP contribution in [0.5, 0.6) is 5.75 Å². The number of rotatable bonds is 5. The second-order valence-corrected chi connectivity index (χ2v) is 5.91. The van der Waals surface area contributed by atoms with Gasteiger partial charge >= 0.3 is 0 Å². The highest BCUT2D eigenvalue weighted by molar-refractivity contribution is 6.34. The highest BCUT2D eigenvalue weighted by atomic mass is 35.5. The van der Waals surface area contributed by atoms with Crippen LogP contribution < -0.4 is 10.1 Å². The number of hydrogen-bond donors (Lipinski definition) is 1. The van der Waals surface area contributed by atoms with Crippen LogP contribution in [0.25, 0.3) is 11.1 Å². The molecule has 120 valence electrons. The number of amides is 1. The van der Waals surface area contributed by atoms with Gasteiger partial charge in [-0.25, -0.2) is 4.39 Å². The van der Waals surface area contributed by atoms with Crippen molar-refractivity contribution in [3.8, 4) is 16.9 Å². The molecule has 0 aromatic heterocycles. The van der Waals surface area contributed by atoms with Crippen LogP contribution >= 0.6 is 11.6 Å². The normalized spacial score (nSPS) is 14.3. The molecular weight excluding hydrogens is 317 g/mol. The van der Waals surface area contributed by atoms with Crippen molar-refractivity contribution in [2.75, 3.05) is 11.9 Å². The third kappa shape index (κ3) is 3.32. The van der Waals surface area contributed by atoms with Gasteiger partial charge in [0.2, 0.25) is 5.91 Å². The fourth-order valence-corrected chi connectivity index (χ4v) is 2.83. The molecule has 0 fully saturated rings. The monoisotopic (exact) mass is 333 g/mol. The number of fused-ring (bicyclic) bond motifs is 1. The van der Waals surface area contributed by atoms with Crippen molar-refractivity contribution in [2.24, 2.45) is 0 Å². The van der Waals surface area contributed by atoms with Crippen LogP contribution in [-0.4, -0.2) is 18.7 Å². The van der Waals surface area contributed by atoms with Crippen molar-refractivity contribution in [1.82, 2.24) is 0 Å². The summed E-state index contributed by atoms with van der Waals surface area (Å²) in [6, 6.07) is 11.2. The molecule has 0 radical (unpaired) electrons. The average molecular weight is 334 g/mol. The summed E-state index contributed by atoms with van der Waals surface area (Å²) in [4.78, 5) is 11.5. The maximum absolute atomic E-state index is 13.4. The van der Waals surface area contributed by atoms with Gasteiger partial charge in [0.1, 0.15) is 18.5 Å². The summed E-state index contributed by atoms with van der Waals surface area (Å²) in [5, 5.41) is 3.25. The Morgan fingerprint density at radius 1 is 1.35 bits per heavy atom. The predicted molar refractivity (Wildman–Crippen MR) is 89.9 cm³/mol. The molecule has 1 amide bonds. The Morgan fingerprint density at radius 2 is 2.17 bits per heavy atom. The molecule has 2 aromatic rings. The number of nitrogens with one attached hydrogen (secondary N) is 1. The molecule has 0 saturated carbocycles. The van der Waals surface area contributed by atoms with Crippen molar-refractivity contribution < 1.29 is 13.9 Å². The number of alkyl halides is 1. The quantitative estimate of drug-likeness (QED) is 0.866. The summed E-state index contributed by atoms with van der Waals surface area (Å²) in [5.74, 6) is 0.462. The molecule has 1 aliphatic heterocycles. The Kier molecular flexibility index (Phi) is 4.53. The minimum absolute atomic E-state index is 0.00566. The first-order chi connectivity index (χ1) is 11.1. The minimum Gasteiger partial charge on any atom is -0.489 e. The van der Waals surface area contributed by atoms with Gasteiger partial charge in [-0.05, 0) is 35.7 Å². The fraction of sp³-hybridized carbons (Fsp3) is 0.278. The van der Waals surface area contributed by atoms with E-state index < -0.39 is 6.17 Å². The lowest BCUT2D eigenvalue weighted by Crippen LogP contribution is -2.11. The Hall–Kier alpha value is -2.07. The van der Waals surface area contributed by atoms with Gasteiger partial charge in [0.05, 0.1) is 11.4 Å². The van der Waals surface area contributed by atoms with Gasteiger partial charge in [0.25, 0.3) is 0 Å². The van der Waals surface area contributed by atoms with E-state index in [4.69, 9.17) is 16.3 Å². The van der Waals surface area contributed by atoms with Gasteiger partial charge in [-0.3, -0.25) is 4.79 Å². The second-order valence-electron chi connectivity index (χ2n) is 5.53. The molecule has 1 unspecified atom stereocenters. The van der Waals surface area contributed by atoms with E-state index in [1.54, 1.807) is 13.0 Å². The summed E-state index contributed by atoms with van der Waals surface area (Å²) in [6.45, 7) is 1.76. The number of hydrogen-bond acceptors (Lipinski definition) is 2. The van der Waals surface area contributed by atoms with Gasteiger partial charge < -0.3 is 10.1 Å². The summed E-state index contributed by atoms with van der Waals surface area (Å²) < 4.78 is 18.8. The summed E-state index contributed by atoms with van der Waals surface area (Å²) in [7, 11) is 0. The Balaban J connectivity index is 1.89. The number of carbonyl (C=O) groups excluding carboxylic acids is 1. The fourth-order valence-electron chi connectivity index (χ4n) is 2.54. The smallest absolute Gasteiger partial charge is 0.228 e. The molecule has 0 spiro atoms. The van der Waals surface area contributed by atoms with Gasteiger partial charge in [0, 0.05) is 11.3 Å². The molecule has 3 rings (SSSR count). The molecule has 0 bridgehead atoms. The number of ether oxygens (including phenoxy) is 1. The molecule has 1 heterocycles. The van der Waals surface area contributed by atoms with E-state index in [1.165, 1.54) is 0 Å². The van der Waals surface area contributed by atoms with Crippen LogP contribution in [0.4, 0.5) is 10.1 Å². The van der Waals surface area contributed by atoms with Gasteiger partial charge in [-0.2, -0.15) is 0 Å². The van der Waals surface area contributed by atoms with Crippen LogP contribution in [0.1, 0.15) is 18.9 Å². The lowest BCUT2D eigenvalue weighted by Gasteiger charge is -2.13. The van der Waals surface area contributed by atoms with Crippen molar-refractivity contribution in [3.05, 3.63) is 47.0 Å². The topological polar surface area (TPSA) is 38.3 Å². The lowest BCUT2D eigenvalue weighted by molar-refractivity contribution is -0.115. The molecule has 0 saturated heterocycles. The van der Waals surface area contributed by atoms with E-state index >= 15 is 0 Å². The molecule has 2 aromatic carbocycles. The first-order valence-electron chi connectivity index (χ1n) is 7.57. The third-order valence-electron chi connectivity index (χ3n) is 3.87. The molecule has 1 atom stereocenters. The lowest BCUT2D eigenvalue weighted by atomic mass is 10.0. The highest BCUT2D eigenvalue weighted by Gasteiger charge is 2.19. The largest absolute Gasteiger partial charge is 0.489 e. The van der Waals surface area contributed by atoms with E-state index in [9.17, 15) is 9.18 Å². The van der Waals surface area contributed by atoms with Crippen LogP contribution in [-0.2, 0) is 11.2 Å². The van der Waals surface area contributed by atoms with Crippen molar-refractivity contribution in [1.29, 1.82) is 0 Å². The van der Waals surface area contributed by atoms with Crippen molar-refractivity contribution in [2.45, 2.75) is 25.9 Å². The van der Waals surface area contributed by atoms with Crippen LogP contribution in [0.15, 0.2) is 36.4 Å². The number of halogens is 2. The Morgan fingerprint density at radius 3 is 2.96 bits per heavy atom. The molecular formula is C18H17ClFNO2. The van der Waals surface area contributed by atoms with Gasteiger partial charge in [-0.15, -0.1) is 0 Å². The zero-order valence-corrected chi connectivity index (χ0v) is 13.5. The minimum atomic E-state index is -1.01. The van der Waals surface area contributed by atoms with E-state index in [1.807, 2.05) is 30.3 Å². The molecule has 3 nitrogen and oxygen atoms in total. The Bertz CT molecular complexity index is 748. The first-order valence-corrected chi connectivity index (χ1v) is 7.94. The summed E-state index contributed by atoms with van der Waals surface area (Å²) >= 11 is 6.42. The predicted octanol–water partition coefficient (Wildman–Crippen LogP) is 4.63. The maximum Gasteiger partial charge on any atom is 0.228 e. The highest BCUT2D eigenvalue weighted by Crippen LogP contribution is 2.37. The van der Waals surface area contributed by atoms with Gasteiger partial charge in [-0.1, -0.05) is 36.7 Å². The first kappa shape index (κ1) is 15.8. The maximum atomic E-state index is 13.4. The zero-order valence-electron chi connectivity index (χ0n) is 12.7. The van der Waals surface area contributed by atoms with Crippen molar-refractivity contribution >= 4 is 23.2 Å². The molecule has 1 N–H and O–H groups in total. The van der Waals surface area contributed by atoms with Crippen LogP contribution in [0.3, 0.4) is 0 Å². The number of anilines is 1. The molecule has 0 aliphatic carbocycles. The second kappa shape index (κ2) is 6.59. The molecule has 1 aliphatic rings. The zero-order chi connectivity index (χ0) is 16.4. The SMILES string of the molecule is CCC(F)COc1cccc(-c2ccc3c(c2)CC(=O)N3)c1Cl. The summed E-state index contributed by atoms with van der Waals surface area (Å²) in [6.07, 6.45) is -0.230. The number of benzene rings is 2. The van der Waals surface area contributed by atoms with E-state index in [2.05, 4.69) is 5.32 Å². The van der Waals surface area contributed by atoms with E-state index in [0.29, 0.717) is 23.6 Å². The van der Waals surface area contributed by atoms with E-state index in [0.717, 1.165) is 22.4 Å². The number of carbonyl (C=O) groups is 1. The Labute approximate surface area is 139 Å².